The Labute approximate surface area is 106 Å². The fourth-order valence-corrected chi connectivity index (χ4v) is 1.94. The van der Waals surface area contributed by atoms with Crippen molar-refractivity contribution >= 4 is 17.1 Å². The van der Waals surface area contributed by atoms with Gasteiger partial charge in [-0.3, -0.25) is 4.99 Å². The summed E-state index contributed by atoms with van der Waals surface area (Å²) in [6, 6.07) is 5.29. The number of ether oxygens (including phenoxy) is 1. The lowest BCUT2D eigenvalue weighted by atomic mass is 9.99. The molecule has 1 aromatic carbocycles. The van der Waals surface area contributed by atoms with Crippen molar-refractivity contribution < 1.29 is 9.84 Å². The van der Waals surface area contributed by atoms with E-state index in [9.17, 15) is 0 Å². The van der Waals surface area contributed by atoms with E-state index < -0.39 is 0 Å². The number of aliphatic imine (C=N–C) groups is 1. The zero-order valence-electron chi connectivity index (χ0n) is 10.1. The van der Waals surface area contributed by atoms with Crippen molar-refractivity contribution in [3.63, 3.8) is 0 Å². The molecule has 1 aliphatic heterocycles. The van der Waals surface area contributed by atoms with Crippen molar-refractivity contribution in [2.75, 3.05) is 31.2 Å². The van der Waals surface area contributed by atoms with E-state index in [4.69, 9.17) is 21.3 Å². The van der Waals surface area contributed by atoms with Crippen LogP contribution in [0.2, 0.25) is 0 Å². The van der Waals surface area contributed by atoms with Gasteiger partial charge in [0.05, 0.1) is 25.5 Å². The van der Waals surface area contributed by atoms with Crippen molar-refractivity contribution in [1.29, 1.82) is 0 Å². The van der Waals surface area contributed by atoms with Crippen molar-refractivity contribution in [2.24, 2.45) is 4.99 Å². The molecular weight excluding hydrogens is 230 g/mol. The van der Waals surface area contributed by atoms with Crippen LogP contribution in [-0.2, 0) is 4.74 Å². The Morgan fingerprint density at radius 1 is 1.44 bits per heavy atom. The number of aliphatic hydroxyl groups is 1. The number of rotatable bonds is 3. The van der Waals surface area contributed by atoms with E-state index in [1.54, 1.807) is 18.2 Å². The monoisotopic (exact) mass is 247 g/mol. The molecular formula is C13H17N3O2. The molecule has 0 radical (unpaired) electrons. The highest BCUT2D eigenvalue weighted by Crippen LogP contribution is 2.35. The van der Waals surface area contributed by atoms with Crippen LogP contribution in [0.25, 0.3) is 0 Å². The van der Waals surface area contributed by atoms with E-state index in [0.717, 1.165) is 16.8 Å². The average Bonchev–Trinajstić information content (AvgIpc) is 2.71. The molecule has 0 aromatic heterocycles. The van der Waals surface area contributed by atoms with Crippen LogP contribution in [0.1, 0.15) is 11.7 Å². The second kappa shape index (κ2) is 5.20. The second-order valence-corrected chi connectivity index (χ2v) is 4.16. The maximum atomic E-state index is 8.76. The molecule has 5 N–H and O–H groups in total. The lowest BCUT2D eigenvalue weighted by Gasteiger charge is -2.14. The van der Waals surface area contributed by atoms with Gasteiger partial charge in [0.2, 0.25) is 0 Å². The summed E-state index contributed by atoms with van der Waals surface area (Å²) in [5.41, 5.74) is 15.3. The third-order valence-electron chi connectivity index (χ3n) is 2.87. The highest BCUT2D eigenvalue weighted by Gasteiger charge is 2.28. The van der Waals surface area contributed by atoms with Gasteiger partial charge in [0.25, 0.3) is 0 Å². The third kappa shape index (κ3) is 2.37. The standard InChI is InChI=1S/C13H17N3O2/c1-8-12(16-4-5-17)7-18-13(8)10-6-9(14)2-3-11(10)15/h2-3,6,13,17H,1,4-5,7,14-15H2. The highest BCUT2D eigenvalue weighted by atomic mass is 16.5. The molecule has 5 nitrogen and oxygen atoms in total. The molecule has 1 heterocycles. The van der Waals surface area contributed by atoms with E-state index in [-0.39, 0.29) is 12.7 Å². The predicted molar refractivity (Wildman–Crippen MR) is 72.5 cm³/mol. The summed E-state index contributed by atoms with van der Waals surface area (Å²) < 4.78 is 5.65. The fraction of sp³-hybridized carbons (Fsp3) is 0.308. The van der Waals surface area contributed by atoms with Gasteiger partial charge in [-0.1, -0.05) is 6.58 Å². The maximum Gasteiger partial charge on any atom is 0.111 e. The SMILES string of the molecule is C=C1C(=NCCO)COC1c1cc(N)ccc1N. The van der Waals surface area contributed by atoms with E-state index in [1.807, 2.05) is 0 Å². The summed E-state index contributed by atoms with van der Waals surface area (Å²) in [7, 11) is 0. The van der Waals surface area contributed by atoms with Gasteiger partial charge in [-0.15, -0.1) is 0 Å². The molecule has 1 aliphatic rings. The summed E-state index contributed by atoms with van der Waals surface area (Å²) in [6.07, 6.45) is -0.300. The van der Waals surface area contributed by atoms with Gasteiger partial charge >= 0.3 is 0 Å². The van der Waals surface area contributed by atoms with Gasteiger partial charge in [-0.05, 0) is 18.2 Å². The van der Waals surface area contributed by atoms with Crippen LogP contribution in [0.3, 0.4) is 0 Å². The number of benzene rings is 1. The molecule has 5 heteroatoms. The Balaban J connectivity index is 2.26. The first-order valence-corrected chi connectivity index (χ1v) is 5.73. The van der Waals surface area contributed by atoms with Crippen LogP contribution in [-0.4, -0.2) is 30.6 Å². The summed E-state index contributed by atoms with van der Waals surface area (Å²) in [6.45, 7) is 4.74. The normalized spacial score (nSPS) is 21.7. The average molecular weight is 247 g/mol. The zero-order valence-corrected chi connectivity index (χ0v) is 10.1. The van der Waals surface area contributed by atoms with E-state index in [0.29, 0.717) is 24.5 Å². The van der Waals surface area contributed by atoms with Crippen molar-refractivity contribution in [3.05, 3.63) is 35.9 Å². The summed E-state index contributed by atoms with van der Waals surface area (Å²) in [4.78, 5) is 4.22. The number of hydrogen-bond acceptors (Lipinski definition) is 5. The Kier molecular flexibility index (Phi) is 3.64. The molecule has 0 bridgehead atoms. The molecule has 1 aromatic rings. The Morgan fingerprint density at radius 2 is 2.22 bits per heavy atom. The minimum atomic E-state index is -0.300. The predicted octanol–water partition coefficient (Wildman–Crippen LogP) is 0.912. The molecule has 96 valence electrons. The van der Waals surface area contributed by atoms with Crippen LogP contribution in [0.5, 0.6) is 0 Å². The van der Waals surface area contributed by atoms with Crippen molar-refractivity contribution in [1.82, 2.24) is 0 Å². The first-order chi connectivity index (χ1) is 8.63. The van der Waals surface area contributed by atoms with Crippen LogP contribution in [0.4, 0.5) is 11.4 Å². The minimum absolute atomic E-state index is 0.0157. The summed E-state index contributed by atoms with van der Waals surface area (Å²) in [5, 5.41) is 8.76. The molecule has 0 aliphatic carbocycles. The first-order valence-electron chi connectivity index (χ1n) is 5.73. The van der Waals surface area contributed by atoms with Crippen molar-refractivity contribution in [2.45, 2.75) is 6.10 Å². The Morgan fingerprint density at radius 3 is 2.94 bits per heavy atom. The molecule has 1 saturated heterocycles. The number of hydrogen-bond donors (Lipinski definition) is 3. The maximum absolute atomic E-state index is 8.76. The molecule has 0 saturated carbocycles. The molecule has 1 fully saturated rings. The molecule has 18 heavy (non-hydrogen) atoms. The number of nitrogens with two attached hydrogens (primary N) is 2. The largest absolute Gasteiger partial charge is 0.399 e. The number of anilines is 2. The van der Waals surface area contributed by atoms with Gasteiger partial charge in [-0.2, -0.15) is 0 Å². The fourth-order valence-electron chi connectivity index (χ4n) is 1.94. The van der Waals surface area contributed by atoms with Crippen LogP contribution in [0.15, 0.2) is 35.3 Å². The Hall–Kier alpha value is -1.85. The second-order valence-electron chi connectivity index (χ2n) is 4.16. The smallest absolute Gasteiger partial charge is 0.111 e. The lowest BCUT2D eigenvalue weighted by Crippen LogP contribution is -2.05. The van der Waals surface area contributed by atoms with Crippen LogP contribution in [0, 0.1) is 0 Å². The summed E-state index contributed by atoms with van der Waals surface area (Å²) >= 11 is 0. The van der Waals surface area contributed by atoms with Crippen molar-refractivity contribution in [3.8, 4) is 0 Å². The van der Waals surface area contributed by atoms with Gasteiger partial charge in [-0.25, -0.2) is 0 Å². The highest BCUT2D eigenvalue weighted by molar-refractivity contribution is 6.03. The quantitative estimate of drug-likeness (QED) is 0.692. The topological polar surface area (TPSA) is 93.9 Å². The number of nitrogens with zero attached hydrogens (tertiary/aromatic N) is 1. The number of aliphatic hydroxyl groups excluding tert-OH is 1. The lowest BCUT2D eigenvalue weighted by molar-refractivity contribution is 0.136. The molecule has 1 atom stereocenters. The van der Waals surface area contributed by atoms with Gasteiger partial charge in [0, 0.05) is 22.5 Å². The van der Waals surface area contributed by atoms with E-state index in [2.05, 4.69) is 11.6 Å². The van der Waals surface area contributed by atoms with Gasteiger partial charge < -0.3 is 21.3 Å². The summed E-state index contributed by atoms with van der Waals surface area (Å²) in [5.74, 6) is 0. The number of nitrogen functional groups attached to an aromatic ring is 2. The first kappa shape index (κ1) is 12.6. The van der Waals surface area contributed by atoms with Crippen LogP contribution >= 0.6 is 0 Å². The van der Waals surface area contributed by atoms with E-state index >= 15 is 0 Å². The molecule has 1 unspecified atom stereocenters. The molecule has 2 rings (SSSR count). The van der Waals surface area contributed by atoms with Crippen LogP contribution < -0.4 is 11.5 Å². The van der Waals surface area contributed by atoms with E-state index in [1.165, 1.54) is 0 Å². The minimum Gasteiger partial charge on any atom is -0.399 e. The molecule has 0 spiro atoms. The van der Waals surface area contributed by atoms with Gasteiger partial charge in [0.1, 0.15) is 6.10 Å². The third-order valence-corrected chi connectivity index (χ3v) is 2.87. The zero-order chi connectivity index (χ0) is 13.1. The molecule has 0 amide bonds. The van der Waals surface area contributed by atoms with Gasteiger partial charge in [0.15, 0.2) is 0 Å². The Bertz CT molecular complexity index is 497.